The van der Waals surface area contributed by atoms with E-state index in [1.807, 2.05) is 25.1 Å². The summed E-state index contributed by atoms with van der Waals surface area (Å²) in [5, 5.41) is 20.3. The van der Waals surface area contributed by atoms with Gasteiger partial charge in [0.15, 0.2) is 0 Å². The molecule has 1 saturated heterocycles. The van der Waals surface area contributed by atoms with Crippen molar-refractivity contribution in [1.29, 1.82) is 0 Å². The normalized spacial score (nSPS) is 15.6. The topological polar surface area (TPSA) is 91.6 Å². The lowest BCUT2D eigenvalue weighted by molar-refractivity contribution is -0.0261. The molecule has 0 spiro atoms. The second kappa shape index (κ2) is 9.96. The number of halogens is 1. The number of aromatic nitrogens is 2. The number of amides is 2. The summed E-state index contributed by atoms with van der Waals surface area (Å²) < 4.78 is 7.54. The number of hydrogen-bond acceptors (Lipinski definition) is 5. The van der Waals surface area contributed by atoms with E-state index < -0.39 is 0 Å². The molecular formula is C20H28ClN5O3. The van der Waals surface area contributed by atoms with E-state index in [-0.39, 0.29) is 24.8 Å². The molecule has 158 valence electrons. The van der Waals surface area contributed by atoms with Crippen molar-refractivity contribution in [3.8, 4) is 5.75 Å². The van der Waals surface area contributed by atoms with Crippen molar-refractivity contribution in [3.63, 3.8) is 0 Å². The lowest BCUT2D eigenvalue weighted by Gasteiger charge is -2.43. The number of likely N-dealkylation sites (tertiary alicyclic amines) is 1. The molecule has 1 aliphatic rings. The Morgan fingerprint density at radius 3 is 2.72 bits per heavy atom. The first-order chi connectivity index (χ1) is 14.0. The fourth-order valence-corrected chi connectivity index (χ4v) is 3.39. The molecule has 29 heavy (non-hydrogen) atoms. The average molecular weight is 422 g/mol. The Balaban J connectivity index is 1.36. The fraction of sp³-hybridized carbons (Fsp3) is 0.500. The van der Waals surface area contributed by atoms with Gasteiger partial charge in [-0.1, -0.05) is 18.5 Å². The van der Waals surface area contributed by atoms with E-state index in [1.165, 1.54) is 0 Å². The van der Waals surface area contributed by atoms with Crippen LogP contribution in [0.5, 0.6) is 5.75 Å². The molecule has 3 N–H and O–H groups in total. The number of aliphatic hydroxyl groups excluding tert-OH is 1. The Labute approximate surface area is 175 Å². The molecule has 0 radical (unpaired) electrons. The number of aryl methyl sites for hydroxylation is 2. The van der Waals surface area contributed by atoms with Crippen LogP contribution in [-0.2, 0) is 13.5 Å². The van der Waals surface area contributed by atoms with Crippen molar-refractivity contribution in [1.82, 2.24) is 20.0 Å². The van der Waals surface area contributed by atoms with Gasteiger partial charge in [-0.2, -0.15) is 5.10 Å². The third-order valence-electron chi connectivity index (χ3n) is 5.02. The summed E-state index contributed by atoms with van der Waals surface area (Å²) in [6, 6.07) is 8.87. The zero-order valence-corrected chi connectivity index (χ0v) is 17.5. The maximum Gasteiger partial charge on any atom is 0.320 e. The molecule has 0 saturated carbocycles. The number of urea groups is 1. The minimum absolute atomic E-state index is 0.0104. The Kier molecular flexibility index (Phi) is 7.35. The predicted molar refractivity (Wildman–Crippen MR) is 113 cm³/mol. The lowest BCUT2D eigenvalue weighted by atomic mass is 10.1. The molecule has 1 atom stereocenters. The summed E-state index contributed by atoms with van der Waals surface area (Å²) in [5.41, 5.74) is 0.927. The van der Waals surface area contributed by atoms with Crippen LogP contribution in [-0.4, -0.2) is 64.2 Å². The summed E-state index contributed by atoms with van der Waals surface area (Å²) in [4.78, 5) is 14.3. The summed E-state index contributed by atoms with van der Waals surface area (Å²) >= 11 is 5.88. The highest BCUT2D eigenvalue weighted by Crippen LogP contribution is 2.22. The van der Waals surface area contributed by atoms with E-state index in [0.29, 0.717) is 23.8 Å². The van der Waals surface area contributed by atoms with Gasteiger partial charge in [0, 0.05) is 43.8 Å². The number of hydrogen-bond donors (Lipinski definition) is 3. The first kappa shape index (κ1) is 21.4. The Hall–Kier alpha value is -2.29. The van der Waals surface area contributed by atoms with Crippen LogP contribution in [0.4, 0.5) is 10.6 Å². The molecule has 0 bridgehead atoms. The third-order valence-corrected chi connectivity index (χ3v) is 5.27. The van der Waals surface area contributed by atoms with E-state index in [0.717, 1.165) is 31.0 Å². The molecule has 0 aliphatic carbocycles. The SMILES string of the molecule is CCc1cc(NC(=O)NCC[C@@H](CO)N2CC(Oc3ccc(Cl)cc3)C2)n(C)n1. The van der Waals surface area contributed by atoms with Crippen molar-refractivity contribution < 1.29 is 14.6 Å². The first-order valence-corrected chi connectivity index (χ1v) is 10.2. The standard InChI is InChI=1S/C20H28ClN5O3/c1-3-15-10-19(25(2)24-15)23-20(28)22-9-8-16(13-27)26-11-18(12-26)29-17-6-4-14(21)5-7-17/h4-7,10,16,18,27H,3,8-9,11-13H2,1-2H3,(H2,22,23,28)/t16-/m0/s1. The van der Waals surface area contributed by atoms with E-state index in [4.69, 9.17) is 16.3 Å². The number of rotatable bonds is 9. The monoisotopic (exact) mass is 421 g/mol. The second-order valence-corrected chi connectivity index (χ2v) is 7.59. The van der Waals surface area contributed by atoms with Crippen molar-refractivity contribution in [2.75, 3.05) is 31.6 Å². The number of aliphatic hydroxyl groups is 1. The van der Waals surface area contributed by atoms with E-state index in [1.54, 1.807) is 23.9 Å². The molecule has 1 aliphatic heterocycles. The highest BCUT2D eigenvalue weighted by atomic mass is 35.5. The van der Waals surface area contributed by atoms with Gasteiger partial charge in [-0.3, -0.25) is 14.9 Å². The predicted octanol–water partition coefficient (Wildman–Crippen LogP) is 2.27. The number of carbonyl (C=O) groups is 1. The Morgan fingerprint density at radius 2 is 2.10 bits per heavy atom. The van der Waals surface area contributed by atoms with Gasteiger partial charge in [-0.25, -0.2) is 4.79 Å². The van der Waals surface area contributed by atoms with Crippen LogP contribution in [0.1, 0.15) is 19.0 Å². The van der Waals surface area contributed by atoms with Gasteiger partial charge >= 0.3 is 6.03 Å². The van der Waals surface area contributed by atoms with Crippen molar-refractivity contribution in [3.05, 3.63) is 41.0 Å². The zero-order chi connectivity index (χ0) is 20.8. The number of nitrogens with one attached hydrogen (secondary N) is 2. The first-order valence-electron chi connectivity index (χ1n) is 9.83. The van der Waals surface area contributed by atoms with Crippen molar-refractivity contribution >= 4 is 23.4 Å². The number of carbonyl (C=O) groups excluding carboxylic acids is 1. The summed E-state index contributed by atoms with van der Waals surface area (Å²) in [5.74, 6) is 1.45. The number of ether oxygens (including phenoxy) is 1. The van der Waals surface area contributed by atoms with Gasteiger partial charge < -0.3 is 15.2 Å². The van der Waals surface area contributed by atoms with E-state index >= 15 is 0 Å². The molecule has 2 amide bonds. The Morgan fingerprint density at radius 1 is 1.38 bits per heavy atom. The largest absolute Gasteiger partial charge is 0.488 e. The van der Waals surface area contributed by atoms with Crippen LogP contribution in [0, 0.1) is 0 Å². The van der Waals surface area contributed by atoms with Crippen molar-refractivity contribution in [2.45, 2.75) is 31.9 Å². The van der Waals surface area contributed by atoms with Crippen LogP contribution in [0.2, 0.25) is 5.02 Å². The van der Waals surface area contributed by atoms with E-state index in [2.05, 4.69) is 20.6 Å². The average Bonchev–Trinajstić information content (AvgIpc) is 3.03. The third kappa shape index (κ3) is 5.85. The molecule has 1 fully saturated rings. The summed E-state index contributed by atoms with van der Waals surface area (Å²) in [6.45, 7) is 4.01. The van der Waals surface area contributed by atoms with Gasteiger partial charge in [-0.05, 0) is 37.1 Å². The molecule has 2 heterocycles. The molecular weight excluding hydrogens is 394 g/mol. The van der Waals surface area contributed by atoms with Gasteiger partial charge in [0.1, 0.15) is 17.7 Å². The molecule has 8 nitrogen and oxygen atoms in total. The molecule has 2 aromatic rings. The maximum atomic E-state index is 12.1. The van der Waals surface area contributed by atoms with Gasteiger partial charge in [-0.15, -0.1) is 0 Å². The molecule has 1 aromatic carbocycles. The van der Waals surface area contributed by atoms with Crippen molar-refractivity contribution in [2.24, 2.45) is 7.05 Å². The minimum atomic E-state index is -0.278. The molecule has 1 aromatic heterocycles. The molecule has 9 heteroatoms. The molecule has 3 rings (SSSR count). The van der Waals surface area contributed by atoms with Crippen LogP contribution in [0.3, 0.4) is 0 Å². The smallest absolute Gasteiger partial charge is 0.320 e. The van der Waals surface area contributed by atoms with Crippen LogP contribution >= 0.6 is 11.6 Å². The lowest BCUT2D eigenvalue weighted by Crippen LogP contribution is -2.59. The Bertz CT molecular complexity index is 805. The van der Waals surface area contributed by atoms with Gasteiger partial charge in [0.2, 0.25) is 0 Å². The summed E-state index contributed by atoms with van der Waals surface area (Å²) in [6.07, 6.45) is 1.57. The van der Waals surface area contributed by atoms with Crippen LogP contribution < -0.4 is 15.4 Å². The number of anilines is 1. The number of benzene rings is 1. The highest BCUT2D eigenvalue weighted by molar-refractivity contribution is 6.30. The number of nitrogens with zero attached hydrogens (tertiary/aromatic N) is 3. The summed E-state index contributed by atoms with van der Waals surface area (Å²) in [7, 11) is 1.79. The van der Waals surface area contributed by atoms with Gasteiger partial charge in [0.05, 0.1) is 12.3 Å². The van der Waals surface area contributed by atoms with E-state index in [9.17, 15) is 9.90 Å². The fourth-order valence-electron chi connectivity index (χ4n) is 3.27. The minimum Gasteiger partial charge on any atom is -0.488 e. The zero-order valence-electron chi connectivity index (χ0n) is 16.8. The van der Waals surface area contributed by atoms with Gasteiger partial charge in [0.25, 0.3) is 0 Å². The second-order valence-electron chi connectivity index (χ2n) is 7.15. The quantitative estimate of drug-likeness (QED) is 0.577. The highest BCUT2D eigenvalue weighted by Gasteiger charge is 2.33. The van der Waals surface area contributed by atoms with Crippen LogP contribution in [0.25, 0.3) is 0 Å². The maximum absolute atomic E-state index is 12.1. The van der Waals surface area contributed by atoms with Crippen LogP contribution in [0.15, 0.2) is 30.3 Å². The molecule has 0 unspecified atom stereocenters.